The number of thioether (sulfide) groups is 1. The Balaban J connectivity index is 1.93. The van der Waals surface area contributed by atoms with E-state index in [2.05, 4.69) is 4.72 Å². The fraction of sp³-hybridized carbons (Fsp3) is 0.200. The van der Waals surface area contributed by atoms with E-state index in [0.29, 0.717) is 0 Å². The zero-order valence-corrected chi connectivity index (χ0v) is 13.5. The van der Waals surface area contributed by atoms with Crippen LogP contribution in [0.2, 0.25) is 5.02 Å². The summed E-state index contributed by atoms with van der Waals surface area (Å²) in [7, 11) is -3.62. The summed E-state index contributed by atoms with van der Waals surface area (Å²) in [6, 6.07) is 14.2. The molecule has 1 aliphatic rings. The lowest BCUT2D eigenvalue weighted by Gasteiger charge is -2.25. The second kappa shape index (κ2) is 6.01. The van der Waals surface area contributed by atoms with Crippen LogP contribution in [0.3, 0.4) is 0 Å². The molecule has 3 rings (SSSR count). The van der Waals surface area contributed by atoms with E-state index in [0.717, 1.165) is 22.6 Å². The highest BCUT2D eigenvalue weighted by Crippen LogP contribution is 2.36. The maximum absolute atomic E-state index is 12.5. The molecule has 0 saturated heterocycles. The fourth-order valence-electron chi connectivity index (χ4n) is 2.38. The van der Waals surface area contributed by atoms with Crippen LogP contribution in [0.1, 0.15) is 18.0 Å². The molecule has 1 aliphatic heterocycles. The molecule has 1 heterocycles. The standard InChI is InChI=1S/C15H14ClNO2S2/c16-12-6-2-4-8-15(12)21(18,19)17-13-9-10-20-14-7-3-1-5-11(13)14/h1-8,13,17H,9-10H2/t13-/m1/s1. The van der Waals surface area contributed by atoms with Gasteiger partial charge in [-0.15, -0.1) is 11.8 Å². The Bertz CT molecular complexity index is 762. The molecule has 1 atom stereocenters. The van der Waals surface area contributed by atoms with Crippen LogP contribution in [0.5, 0.6) is 0 Å². The van der Waals surface area contributed by atoms with Gasteiger partial charge in [0, 0.05) is 10.9 Å². The van der Waals surface area contributed by atoms with Crippen molar-refractivity contribution < 1.29 is 8.42 Å². The van der Waals surface area contributed by atoms with Gasteiger partial charge in [-0.05, 0) is 35.9 Å². The number of hydrogen-bond acceptors (Lipinski definition) is 3. The van der Waals surface area contributed by atoms with Gasteiger partial charge in [0.25, 0.3) is 0 Å². The lowest BCUT2D eigenvalue weighted by molar-refractivity contribution is 0.546. The summed E-state index contributed by atoms with van der Waals surface area (Å²) in [5.41, 5.74) is 1.03. The molecule has 0 spiro atoms. The smallest absolute Gasteiger partial charge is 0.207 e. The third-order valence-electron chi connectivity index (χ3n) is 3.38. The Labute approximate surface area is 133 Å². The van der Waals surface area contributed by atoms with Gasteiger partial charge < -0.3 is 0 Å². The highest BCUT2D eigenvalue weighted by Gasteiger charge is 2.26. The monoisotopic (exact) mass is 339 g/mol. The first-order valence-electron chi connectivity index (χ1n) is 6.56. The van der Waals surface area contributed by atoms with E-state index in [1.807, 2.05) is 24.3 Å². The average molecular weight is 340 g/mol. The largest absolute Gasteiger partial charge is 0.242 e. The van der Waals surface area contributed by atoms with Crippen molar-refractivity contribution in [1.29, 1.82) is 0 Å². The molecule has 6 heteroatoms. The van der Waals surface area contributed by atoms with Crippen molar-refractivity contribution in [1.82, 2.24) is 4.72 Å². The van der Waals surface area contributed by atoms with Gasteiger partial charge in [0.1, 0.15) is 4.90 Å². The lowest BCUT2D eigenvalue weighted by Crippen LogP contribution is -2.30. The minimum atomic E-state index is -3.62. The van der Waals surface area contributed by atoms with Crippen LogP contribution in [0.15, 0.2) is 58.3 Å². The van der Waals surface area contributed by atoms with Crippen LogP contribution in [0, 0.1) is 0 Å². The van der Waals surface area contributed by atoms with Crippen molar-refractivity contribution in [3.05, 3.63) is 59.1 Å². The molecule has 0 fully saturated rings. The molecular weight excluding hydrogens is 326 g/mol. The molecule has 0 aromatic heterocycles. The maximum Gasteiger partial charge on any atom is 0.242 e. The van der Waals surface area contributed by atoms with Crippen LogP contribution < -0.4 is 4.72 Å². The first-order chi connectivity index (χ1) is 10.1. The molecule has 3 nitrogen and oxygen atoms in total. The molecule has 0 radical (unpaired) electrons. The van der Waals surface area contributed by atoms with Crippen molar-refractivity contribution in [2.45, 2.75) is 22.3 Å². The third-order valence-corrected chi connectivity index (χ3v) is 6.48. The summed E-state index contributed by atoms with van der Waals surface area (Å²) >= 11 is 7.76. The van der Waals surface area contributed by atoms with Gasteiger partial charge in [-0.2, -0.15) is 0 Å². The third kappa shape index (κ3) is 3.11. The van der Waals surface area contributed by atoms with Crippen LogP contribution in [-0.2, 0) is 10.0 Å². The van der Waals surface area contributed by atoms with E-state index < -0.39 is 10.0 Å². The van der Waals surface area contributed by atoms with Crippen molar-refractivity contribution in [2.24, 2.45) is 0 Å². The summed E-state index contributed by atoms with van der Waals surface area (Å²) < 4.78 is 27.8. The van der Waals surface area contributed by atoms with E-state index >= 15 is 0 Å². The van der Waals surface area contributed by atoms with Crippen LogP contribution in [-0.4, -0.2) is 14.2 Å². The molecule has 0 unspecified atom stereocenters. The minimum Gasteiger partial charge on any atom is -0.207 e. The number of fused-ring (bicyclic) bond motifs is 1. The minimum absolute atomic E-state index is 0.127. The molecule has 2 aromatic rings. The van der Waals surface area contributed by atoms with Crippen LogP contribution in [0.4, 0.5) is 0 Å². The molecular formula is C15H14ClNO2S2. The molecule has 0 amide bonds. The lowest BCUT2D eigenvalue weighted by atomic mass is 10.1. The predicted octanol–water partition coefficient (Wildman–Crippen LogP) is 3.86. The van der Waals surface area contributed by atoms with Gasteiger partial charge in [-0.1, -0.05) is 41.9 Å². The van der Waals surface area contributed by atoms with Crippen molar-refractivity contribution in [3.63, 3.8) is 0 Å². The Morgan fingerprint density at radius 2 is 1.81 bits per heavy atom. The van der Waals surface area contributed by atoms with E-state index in [-0.39, 0.29) is 16.0 Å². The number of benzene rings is 2. The summed E-state index contributed by atoms with van der Waals surface area (Å²) in [6.45, 7) is 0. The highest BCUT2D eigenvalue weighted by molar-refractivity contribution is 7.99. The maximum atomic E-state index is 12.5. The number of hydrogen-bond donors (Lipinski definition) is 1. The van der Waals surface area contributed by atoms with Crippen LogP contribution in [0.25, 0.3) is 0 Å². The molecule has 0 bridgehead atoms. The first kappa shape index (κ1) is 14.9. The molecule has 110 valence electrons. The Hall–Kier alpha value is -1.01. The van der Waals surface area contributed by atoms with Gasteiger partial charge >= 0.3 is 0 Å². The zero-order chi connectivity index (χ0) is 14.9. The quantitative estimate of drug-likeness (QED) is 0.923. The number of rotatable bonds is 3. The van der Waals surface area contributed by atoms with E-state index in [9.17, 15) is 8.42 Å². The Morgan fingerprint density at radius 3 is 2.62 bits per heavy atom. The molecule has 1 N–H and O–H groups in total. The summed E-state index contributed by atoms with van der Waals surface area (Å²) in [5.74, 6) is 0.896. The molecule has 0 saturated carbocycles. The number of nitrogens with one attached hydrogen (secondary N) is 1. The Morgan fingerprint density at radius 1 is 1.10 bits per heavy atom. The van der Waals surface area contributed by atoms with E-state index in [1.165, 1.54) is 6.07 Å². The predicted molar refractivity (Wildman–Crippen MR) is 86.3 cm³/mol. The molecule has 2 aromatic carbocycles. The second-order valence-electron chi connectivity index (χ2n) is 4.78. The topological polar surface area (TPSA) is 46.2 Å². The highest BCUT2D eigenvalue weighted by atomic mass is 35.5. The zero-order valence-electron chi connectivity index (χ0n) is 11.1. The summed E-state index contributed by atoms with van der Waals surface area (Å²) in [5, 5.41) is 0.239. The average Bonchev–Trinajstić information content (AvgIpc) is 2.47. The van der Waals surface area contributed by atoms with Gasteiger partial charge in [0.05, 0.1) is 5.02 Å². The van der Waals surface area contributed by atoms with Crippen molar-refractivity contribution in [3.8, 4) is 0 Å². The van der Waals surface area contributed by atoms with Gasteiger partial charge in [0.15, 0.2) is 0 Å². The van der Waals surface area contributed by atoms with Gasteiger partial charge in [-0.25, -0.2) is 13.1 Å². The van der Waals surface area contributed by atoms with Crippen molar-refractivity contribution >= 4 is 33.4 Å². The SMILES string of the molecule is O=S(=O)(N[C@@H]1CCSc2ccccc21)c1ccccc1Cl. The molecule has 21 heavy (non-hydrogen) atoms. The normalized spacial score (nSPS) is 18.2. The molecule has 0 aliphatic carbocycles. The summed E-state index contributed by atoms with van der Waals surface area (Å²) in [6.07, 6.45) is 0.769. The second-order valence-corrected chi connectivity index (χ2v) is 8.01. The first-order valence-corrected chi connectivity index (χ1v) is 9.41. The van der Waals surface area contributed by atoms with E-state index in [4.69, 9.17) is 11.6 Å². The van der Waals surface area contributed by atoms with Crippen LogP contribution >= 0.6 is 23.4 Å². The van der Waals surface area contributed by atoms with E-state index in [1.54, 1.807) is 30.0 Å². The Kier molecular flexibility index (Phi) is 4.26. The van der Waals surface area contributed by atoms with Gasteiger partial charge in [0.2, 0.25) is 10.0 Å². The van der Waals surface area contributed by atoms with Crippen molar-refractivity contribution in [2.75, 3.05) is 5.75 Å². The summed E-state index contributed by atoms with van der Waals surface area (Å²) in [4.78, 5) is 1.26. The van der Waals surface area contributed by atoms with Gasteiger partial charge in [-0.3, -0.25) is 0 Å². The number of halogens is 1. The number of sulfonamides is 1. The fourth-order valence-corrected chi connectivity index (χ4v) is 5.27.